The van der Waals surface area contributed by atoms with E-state index in [1.165, 1.54) is 0 Å². The van der Waals surface area contributed by atoms with E-state index in [0.29, 0.717) is 6.42 Å². The van der Waals surface area contributed by atoms with Gasteiger partial charge in [-0.2, -0.15) is 0 Å². The average molecular weight is 262 g/mol. The topological polar surface area (TPSA) is 77.4 Å². The van der Waals surface area contributed by atoms with Gasteiger partial charge in [-0.3, -0.25) is 0 Å². The van der Waals surface area contributed by atoms with Crippen molar-refractivity contribution in [1.82, 2.24) is 0 Å². The highest BCUT2D eigenvalue weighted by Gasteiger charge is 2.63. The smallest absolute Gasteiger partial charge is 0.190 e. The van der Waals surface area contributed by atoms with Gasteiger partial charge in [-0.15, -0.1) is 0 Å². The molecule has 0 saturated carbocycles. The van der Waals surface area contributed by atoms with Crippen LogP contribution in [0.3, 0.4) is 0 Å². The summed E-state index contributed by atoms with van der Waals surface area (Å²) in [6.07, 6.45) is -1.99. The van der Waals surface area contributed by atoms with Gasteiger partial charge in [-0.1, -0.05) is 6.92 Å². The normalized spacial score (nSPS) is 44.0. The predicted molar refractivity (Wildman–Crippen MR) is 61.8 cm³/mol. The summed E-state index contributed by atoms with van der Waals surface area (Å²) >= 11 is 0. The first-order valence-corrected chi connectivity index (χ1v) is 6.25. The Labute approximate surface area is 107 Å². The summed E-state index contributed by atoms with van der Waals surface area (Å²) in [4.78, 5) is 0. The van der Waals surface area contributed by atoms with Gasteiger partial charge >= 0.3 is 0 Å². The Morgan fingerprint density at radius 3 is 2.44 bits per heavy atom. The van der Waals surface area contributed by atoms with Crippen molar-refractivity contribution >= 4 is 0 Å². The van der Waals surface area contributed by atoms with Crippen LogP contribution in [0.2, 0.25) is 0 Å². The maximum atomic E-state index is 10.0. The molecule has 6 heteroatoms. The summed E-state index contributed by atoms with van der Waals surface area (Å²) in [6.45, 7) is 5.09. The first kappa shape index (κ1) is 14.2. The van der Waals surface area contributed by atoms with Crippen LogP contribution in [-0.4, -0.2) is 59.9 Å². The molecule has 2 aliphatic rings. The Kier molecular flexibility index (Phi) is 3.70. The van der Waals surface area contributed by atoms with E-state index in [9.17, 15) is 10.2 Å². The minimum atomic E-state index is -1.03. The third-order valence-electron chi connectivity index (χ3n) is 3.75. The molecule has 18 heavy (non-hydrogen) atoms. The third kappa shape index (κ3) is 1.97. The van der Waals surface area contributed by atoms with E-state index in [4.69, 9.17) is 18.9 Å². The number of hydrogen-bond donors (Lipinski definition) is 2. The van der Waals surface area contributed by atoms with E-state index in [1.807, 2.05) is 6.92 Å². The largest absolute Gasteiger partial charge is 0.394 e. The molecule has 0 aliphatic carbocycles. The second-order valence-corrected chi connectivity index (χ2v) is 5.25. The lowest BCUT2D eigenvalue weighted by molar-refractivity contribution is -0.264. The van der Waals surface area contributed by atoms with Gasteiger partial charge in [-0.05, 0) is 20.3 Å². The minimum Gasteiger partial charge on any atom is -0.394 e. The van der Waals surface area contributed by atoms with Crippen LogP contribution in [-0.2, 0) is 18.9 Å². The van der Waals surface area contributed by atoms with Crippen LogP contribution in [0.4, 0.5) is 0 Å². The van der Waals surface area contributed by atoms with E-state index in [-0.39, 0.29) is 0 Å². The van der Waals surface area contributed by atoms with E-state index in [1.54, 1.807) is 21.0 Å². The molecule has 0 spiro atoms. The molecule has 0 bridgehead atoms. The van der Waals surface area contributed by atoms with Gasteiger partial charge in [0.2, 0.25) is 0 Å². The van der Waals surface area contributed by atoms with Crippen molar-refractivity contribution in [2.24, 2.45) is 0 Å². The lowest BCUT2D eigenvalue weighted by Crippen LogP contribution is -2.55. The number of methoxy groups -OCH3 is 1. The molecule has 0 aromatic carbocycles. The molecule has 6 nitrogen and oxygen atoms in total. The second kappa shape index (κ2) is 4.70. The summed E-state index contributed by atoms with van der Waals surface area (Å²) in [7, 11) is 1.54. The van der Waals surface area contributed by atoms with Crippen LogP contribution in [0.5, 0.6) is 0 Å². The Bertz CT molecular complexity index is 307. The third-order valence-corrected chi connectivity index (χ3v) is 3.75. The zero-order chi connectivity index (χ0) is 13.6. The molecule has 1 unspecified atom stereocenters. The van der Waals surface area contributed by atoms with Crippen LogP contribution in [0.15, 0.2) is 0 Å². The number of aliphatic hydroxyl groups excluding tert-OH is 2. The fourth-order valence-electron chi connectivity index (χ4n) is 2.89. The lowest BCUT2D eigenvalue weighted by Gasteiger charge is -2.38. The van der Waals surface area contributed by atoms with Gasteiger partial charge in [0.05, 0.1) is 6.61 Å². The van der Waals surface area contributed by atoms with Gasteiger partial charge in [0.15, 0.2) is 12.1 Å². The monoisotopic (exact) mass is 262 g/mol. The Morgan fingerprint density at radius 1 is 1.28 bits per heavy atom. The fourth-order valence-corrected chi connectivity index (χ4v) is 2.89. The molecule has 0 radical (unpaired) electrons. The summed E-state index contributed by atoms with van der Waals surface area (Å²) in [5, 5.41) is 19.2. The molecule has 5 atom stereocenters. The van der Waals surface area contributed by atoms with Crippen molar-refractivity contribution in [3.63, 3.8) is 0 Å². The van der Waals surface area contributed by atoms with E-state index < -0.39 is 42.6 Å². The number of ether oxygens (including phenoxy) is 4. The molecular formula is C12H22O6. The first-order valence-electron chi connectivity index (χ1n) is 6.25. The van der Waals surface area contributed by atoms with Gasteiger partial charge in [0, 0.05) is 7.11 Å². The zero-order valence-corrected chi connectivity index (χ0v) is 11.3. The molecule has 0 aromatic rings. The minimum absolute atomic E-state index is 0.392. The molecule has 0 aromatic heterocycles. The maximum absolute atomic E-state index is 10.0. The van der Waals surface area contributed by atoms with Crippen molar-refractivity contribution in [2.75, 3.05) is 13.7 Å². The Morgan fingerprint density at radius 2 is 1.94 bits per heavy atom. The molecule has 106 valence electrons. The molecule has 2 saturated heterocycles. The van der Waals surface area contributed by atoms with Crippen molar-refractivity contribution in [2.45, 2.75) is 63.2 Å². The van der Waals surface area contributed by atoms with Crippen molar-refractivity contribution in [1.29, 1.82) is 0 Å². The maximum Gasteiger partial charge on any atom is 0.190 e. The molecule has 2 heterocycles. The van der Waals surface area contributed by atoms with Crippen LogP contribution >= 0.6 is 0 Å². The Balaban J connectivity index is 2.26. The summed E-state index contributed by atoms with van der Waals surface area (Å²) in [5.41, 5.74) is -0.991. The standard InChI is InChI=1S/C12H22O6/c1-5-12(7(14)6-13)9(15-4)8-10(18-12)17-11(2,3)16-8/h7-10,13-14H,5-6H2,1-4H3/t7?,8-,9+,10+,12+/m1/s1. The molecular weight excluding hydrogens is 240 g/mol. The SMILES string of the molecule is CC[C@@]1(C(O)CO)O[C@@H]2OC(C)(C)O[C@@H]2[C@@H]1OC. The molecule has 2 fully saturated rings. The number of aliphatic hydroxyl groups is 2. The highest BCUT2D eigenvalue weighted by atomic mass is 16.8. The van der Waals surface area contributed by atoms with Gasteiger partial charge in [-0.25, -0.2) is 0 Å². The highest BCUT2D eigenvalue weighted by molar-refractivity contribution is 5.07. The van der Waals surface area contributed by atoms with Crippen molar-refractivity contribution in [3.05, 3.63) is 0 Å². The summed E-state index contributed by atoms with van der Waals surface area (Å²) < 4.78 is 22.7. The Hall–Kier alpha value is -0.240. The molecule has 2 N–H and O–H groups in total. The highest BCUT2D eigenvalue weighted by Crippen LogP contribution is 2.46. The predicted octanol–water partition coefficient (Wildman–Crippen LogP) is 0.0112. The second-order valence-electron chi connectivity index (χ2n) is 5.25. The van der Waals surface area contributed by atoms with E-state index >= 15 is 0 Å². The van der Waals surface area contributed by atoms with Crippen LogP contribution in [0.25, 0.3) is 0 Å². The fraction of sp³-hybridized carbons (Fsp3) is 1.00. The zero-order valence-electron chi connectivity index (χ0n) is 11.3. The van der Waals surface area contributed by atoms with Crippen LogP contribution in [0, 0.1) is 0 Å². The van der Waals surface area contributed by atoms with Crippen molar-refractivity contribution < 1.29 is 29.2 Å². The quantitative estimate of drug-likeness (QED) is 0.743. The lowest BCUT2D eigenvalue weighted by atomic mass is 9.87. The summed E-state index contributed by atoms with van der Waals surface area (Å²) in [5.74, 6) is -0.726. The first-order chi connectivity index (χ1) is 8.40. The average Bonchev–Trinajstić information content (AvgIpc) is 2.76. The van der Waals surface area contributed by atoms with Crippen LogP contribution in [0.1, 0.15) is 27.2 Å². The number of rotatable bonds is 4. The number of hydrogen-bond acceptors (Lipinski definition) is 6. The van der Waals surface area contributed by atoms with Crippen LogP contribution < -0.4 is 0 Å². The number of fused-ring (bicyclic) bond motifs is 1. The van der Waals surface area contributed by atoms with Crippen molar-refractivity contribution in [3.8, 4) is 0 Å². The van der Waals surface area contributed by atoms with Gasteiger partial charge < -0.3 is 29.2 Å². The summed E-state index contributed by atoms with van der Waals surface area (Å²) in [6, 6.07) is 0. The molecule has 2 rings (SSSR count). The van der Waals surface area contributed by atoms with Gasteiger partial charge in [0.25, 0.3) is 0 Å². The molecule has 2 aliphatic heterocycles. The van der Waals surface area contributed by atoms with Gasteiger partial charge in [0.1, 0.15) is 23.9 Å². The van der Waals surface area contributed by atoms with E-state index in [2.05, 4.69) is 0 Å². The van der Waals surface area contributed by atoms with E-state index in [0.717, 1.165) is 0 Å². The molecule has 0 amide bonds.